The number of fused-ring (bicyclic) bond motifs is 7. The molecule has 0 atom stereocenters. The van der Waals surface area contributed by atoms with Crippen LogP contribution in [0.25, 0.3) is 111 Å². The van der Waals surface area contributed by atoms with E-state index in [1.54, 1.807) is 0 Å². The number of para-hydroxylation sites is 2. The largest absolute Gasteiger partial charge is 0.416 e. The average Bonchev–Trinajstić information content (AvgIpc) is 4.02. The predicted octanol–water partition coefficient (Wildman–Crippen LogP) is 14.1. The third kappa shape index (κ3) is 5.47. The summed E-state index contributed by atoms with van der Waals surface area (Å²) < 4.78 is 10.8. The highest BCUT2D eigenvalue weighted by molar-refractivity contribution is 6.13. The lowest BCUT2D eigenvalue weighted by molar-refractivity contribution is 0.584. The molecule has 12 aromatic rings. The molecule has 59 heavy (non-hydrogen) atoms. The van der Waals surface area contributed by atoms with Gasteiger partial charge < -0.3 is 13.6 Å². The Labute approximate surface area is 339 Å². The molecular weight excluding hydrogens is 721 g/mol. The van der Waals surface area contributed by atoms with Gasteiger partial charge in [0.15, 0.2) is 0 Å². The molecular formula is C54H34N4O. The summed E-state index contributed by atoms with van der Waals surface area (Å²) in [6, 6.07) is 73.6. The van der Waals surface area contributed by atoms with Gasteiger partial charge in [0.05, 0.1) is 22.1 Å². The quantitative estimate of drug-likeness (QED) is 0.170. The second-order valence-electron chi connectivity index (χ2n) is 15.1. The van der Waals surface area contributed by atoms with Gasteiger partial charge in [0, 0.05) is 44.0 Å². The molecule has 9 aromatic carbocycles. The van der Waals surface area contributed by atoms with Gasteiger partial charge in [-0.3, -0.25) is 0 Å². The molecule has 0 aliphatic carbocycles. The molecule has 0 spiro atoms. The van der Waals surface area contributed by atoms with Crippen LogP contribution in [-0.4, -0.2) is 19.3 Å². The minimum absolute atomic E-state index is 0.496. The molecule has 0 amide bonds. The first-order chi connectivity index (χ1) is 29.2. The molecule has 3 aromatic heterocycles. The second-order valence-corrected chi connectivity index (χ2v) is 15.1. The van der Waals surface area contributed by atoms with Gasteiger partial charge in [-0.1, -0.05) is 109 Å². The van der Waals surface area contributed by atoms with E-state index in [2.05, 4.69) is 195 Å². The Bertz CT molecular complexity index is 3540. The molecule has 0 unspecified atom stereocenters. The zero-order valence-electron chi connectivity index (χ0n) is 31.8. The average molecular weight is 755 g/mol. The van der Waals surface area contributed by atoms with Crippen molar-refractivity contribution in [1.29, 1.82) is 0 Å². The van der Waals surface area contributed by atoms with Gasteiger partial charge in [-0.2, -0.15) is 0 Å². The minimum Gasteiger partial charge on any atom is -0.416 e. The Hall–Kier alpha value is -8.02. The summed E-state index contributed by atoms with van der Waals surface area (Å²) >= 11 is 0. The highest BCUT2D eigenvalue weighted by atomic mass is 16.4. The normalized spacial score (nSPS) is 11.7. The second kappa shape index (κ2) is 13.3. The Morgan fingerprint density at radius 1 is 0.288 bits per heavy atom. The van der Waals surface area contributed by atoms with Crippen LogP contribution in [0.1, 0.15) is 0 Å². The molecule has 0 bridgehead atoms. The topological polar surface area (TPSA) is 48.8 Å². The van der Waals surface area contributed by atoms with E-state index in [0.29, 0.717) is 11.8 Å². The molecule has 0 fully saturated rings. The van der Waals surface area contributed by atoms with Gasteiger partial charge >= 0.3 is 0 Å². The van der Waals surface area contributed by atoms with Gasteiger partial charge in [-0.15, -0.1) is 10.2 Å². The SMILES string of the molecule is c1ccc(-c2nnc(-c3ccc(-n4c5ccccc5c5cc(-c6ccc7c(c6)c6cc(-c8ccc9ccccc9c8)ccc6n7-c6ccccc6)ccc54)cc3)o2)cc1. The monoisotopic (exact) mass is 754 g/mol. The van der Waals surface area contributed by atoms with Gasteiger partial charge in [0.1, 0.15) is 0 Å². The van der Waals surface area contributed by atoms with Crippen molar-refractivity contribution in [3.8, 4) is 56.5 Å². The summed E-state index contributed by atoms with van der Waals surface area (Å²) in [4.78, 5) is 0. The van der Waals surface area contributed by atoms with E-state index in [1.165, 1.54) is 65.6 Å². The summed E-state index contributed by atoms with van der Waals surface area (Å²) in [7, 11) is 0. The summed E-state index contributed by atoms with van der Waals surface area (Å²) in [6.45, 7) is 0. The van der Waals surface area contributed by atoms with Gasteiger partial charge in [-0.05, 0) is 130 Å². The van der Waals surface area contributed by atoms with Crippen LogP contribution in [0.3, 0.4) is 0 Å². The first kappa shape index (κ1) is 33.2. The maximum absolute atomic E-state index is 6.07. The number of nitrogens with zero attached hydrogens (tertiary/aromatic N) is 4. The van der Waals surface area contributed by atoms with Crippen LogP contribution in [0.2, 0.25) is 0 Å². The molecule has 0 saturated carbocycles. The van der Waals surface area contributed by atoms with Gasteiger partial charge in [0.25, 0.3) is 0 Å². The summed E-state index contributed by atoms with van der Waals surface area (Å²) in [5, 5.41) is 16.0. The van der Waals surface area contributed by atoms with Crippen LogP contribution < -0.4 is 0 Å². The van der Waals surface area contributed by atoms with E-state index in [9.17, 15) is 0 Å². The zero-order chi connectivity index (χ0) is 38.9. The van der Waals surface area contributed by atoms with E-state index in [0.717, 1.165) is 33.5 Å². The predicted molar refractivity (Wildman–Crippen MR) is 242 cm³/mol. The lowest BCUT2D eigenvalue weighted by Gasteiger charge is -2.10. The van der Waals surface area contributed by atoms with Crippen LogP contribution in [-0.2, 0) is 0 Å². The number of benzene rings is 9. The van der Waals surface area contributed by atoms with Crippen molar-refractivity contribution in [2.24, 2.45) is 0 Å². The Morgan fingerprint density at radius 3 is 1.34 bits per heavy atom. The first-order valence-electron chi connectivity index (χ1n) is 19.9. The maximum atomic E-state index is 6.07. The van der Waals surface area contributed by atoms with Gasteiger partial charge in [0.2, 0.25) is 11.8 Å². The van der Waals surface area contributed by atoms with Crippen molar-refractivity contribution >= 4 is 54.4 Å². The molecule has 0 N–H and O–H groups in total. The van der Waals surface area contributed by atoms with Crippen LogP contribution in [0, 0.1) is 0 Å². The minimum atomic E-state index is 0.496. The van der Waals surface area contributed by atoms with Crippen molar-refractivity contribution in [3.63, 3.8) is 0 Å². The molecule has 0 aliphatic heterocycles. The molecule has 0 saturated heterocycles. The van der Waals surface area contributed by atoms with Crippen molar-refractivity contribution < 1.29 is 4.42 Å². The zero-order valence-corrected chi connectivity index (χ0v) is 31.8. The smallest absolute Gasteiger partial charge is 0.248 e. The Balaban J connectivity index is 0.969. The van der Waals surface area contributed by atoms with E-state index in [-0.39, 0.29) is 0 Å². The summed E-state index contributed by atoms with van der Waals surface area (Å²) in [5.41, 5.74) is 13.4. The summed E-state index contributed by atoms with van der Waals surface area (Å²) in [6.07, 6.45) is 0. The third-order valence-corrected chi connectivity index (χ3v) is 11.7. The van der Waals surface area contributed by atoms with E-state index in [1.807, 2.05) is 30.3 Å². The standard InChI is InChI=1S/C54H34N4O/c1-3-12-36(13-4-1)53-55-56-54(59-53)37-21-26-44(27-22-37)58-49-18-10-9-17-45(49)46-32-41(24-28-50(46)58)42-25-30-52-48(34-42)47-33-40(39-20-19-35-11-7-8-14-38(35)31-39)23-29-51(47)57(52)43-15-5-2-6-16-43/h1-34H. The fourth-order valence-corrected chi connectivity index (χ4v) is 8.83. The molecule has 276 valence electrons. The van der Waals surface area contributed by atoms with Crippen LogP contribution in [0.15, 0.2) is 211 Å². The van der Waals surface area contributed by atoms with E-state index >= 15 is 0 Å². The number of aromatic nitrogens is 4. The number of hydrogen-bond acceptors (Lipinski definition) is 3. The van der Waals surface area contributed by atoms with Crippen LogP contribution >= 0.6 is 0 Å². The molecule has 5 nitrogen and oxygen atoms in total. The highest BCUT2D eigenvalue weighted by Crippen LogP contribution is 2.40. The van der Waals surface area contributed by atoms with Crippen molar-refractivity contribution in [2.75, 3.05) is 0 Å². The first-order valence-corrected chi connectivity index (χ1v) is 19.9. The fourth-order valence-electron chi connectivity index (χ4n) is 8.83. The third-order valence-electron chi connectivity index (χ3n) is 11.7. The highest BCUT2D eigenvalue weighted by Gasteiger charge is 2.18. The lowest BCUT2D eigenvalue weighted by atomic mass is 9.98. The Morgan fingerprint density at radius 2 is 0.712 bits per heavy atom. The molecule has 3 heterocycles. The molecule has 0 radical (unpaired) electrons. The molecule has 12 rings (SSSR count). The maximum Gasteiger partial charge on any atom is 0.248 e. The van der Waals surface area contributed by atoms with Crippen LogP contribution in [0.5, 0.6) is 0 Å². The van der Waals surface area contributed by atoms with Crippen molar-refractivity contribution in [3.05, 3.63) is 206 Å². The fraction of sp³-hybridized carbons (Fsp3) is 0. The van der Waals surface area contributed by atoms with Crippen LogP contribution in [0.4, 0.5) is 0 Å². The van der Waals surface area contributed by atoms with E-state index in [4.69, 9.17) is 4.42 Å². The molecule has 0 aliphatic rings. The van der Waals surface area contributed by atoms with Crippen molar-refractivity contribution in [1.82, 2.24) is 19.3 Å². The number of rotatable bonds is 6. The number of hydrogen-bond donors (Lipinski definition) is 0. The summed E-state index contributed by atoms with van der Waals surface area (Å²) in [5.74, 6) is 1.01. The van der Waals surface area contributed by atoms with Gasteiger partial charge in [-0.25, -0.2) is 0 Å². The lowest BCUT2D eigenvalue weighted by Crippen LogP contribution is -1.94. The Kier molecular flexibility index (Phi) is 7.47. The van der Waals surface area contributed by atoms with Crippen molar-refractivity contribution in [2.45, 2.75) is 0 Å². The van der Waals surface area contributed by atoms with E-state index < -0.39 is 0 Å². The molecule has 5 heteroatoms.